The van der Waals surface area contributed by atoms with Gasteiger partial charge in [-0.25, -0.2) is 4.39 Å². The minimum atomic E-state index is -0.410. The zero-order chi connectivity index (χ0) is 13.3. The molecular weight excluding hydrogens is 251 g/mol. The molecule has 1 aromatic carbocycles. The average Bonchev–Trinajstić information content (AvgIpc) is 2.82. The number of rotatable bonds is 3. The van der Waals surface area contributed by atoms with Crippen molar-refractivity contribution in [1.82, 2.24) is 0 Å². The first-order valence-corrected chi connectivity index (χ1v) is 6.21. The molecule has 4 heteroatoms. The van der Waals surface area contributed by atoms with Gasteiger partial charge < -0.3 is 0 Å². The van der Waals surface area contributed by atoms with Gasteiger partial charge >= 0.3 is 0 Å². The number of aldehydes is 1. The molecule has 18 heavy (non-hydrogen) atoms. The molecule has 0 saturated heterocycles. The minimum absolute atomic E-state index is 0.0190. The Kier molecular flexibility index (Phi) is 3.39. The summed E-state index contributed by atoms with van der Waals surface area (Å²) < 4.78 is 13.7. The number of Topliss-reactive ketones (excluding diaryl/α,β-unsaturated/α-hetero) is 1. The number of ketones is 1. The van der Waals surface area contributed by atoms with Gasteiger partial charge in [-0.1, -0.05) is 0 Å². The molecule has 2 rings (SSSR count). The molecule has 2 aromatic rings. The summed E-state index contributed by atoms with van der Waals surface area (Å²) in [4.78, 5) is 23.5. The molecule has 0 fully saturated rings. The van der Waals surface area contributed by atoms with Crippen molar-refractivity contribution in [3.63, 3.8) is 0 Å². The Morgan fingerprint density at radius 3 is 2.61 bits per heavy atom. The second-order valence-electron chi connectivity index (χ2n) is 4.01. The maximum atomic E-state index is 13.7. The van der Waals surface area contributed by atoms with E-state index in [4.69, 9.17) is 0 Å². The van der Waals surface area contributed by atoms with E-state index in [1.165, 1.54) is 24.3 Å². The van der Waals surface area contributed by atoms with Crippen LogP contribution in [0.2, 0.25) is 0 Å². The van der Waals surface area contributed by atoms with Crippen molar-refractivity contribution in [3.05, 3.63) is 46.1 Å². The second-order valence-corrected chi connectivity index (χ2v) is 5.09. The number of benzene rings is 1. The van der Waals surface area contributed by atoms with E-state index in [0.29, 0.717) is 27.9 Å². The Balaban J connectivity index is 2.53. The molecule has 0 aliphatic rings. The van der Waals surface area contributed by atoms with E-state index in [0.717, 1.165) is 4.88 Å². The van der Waals surface area contributed by atoms with E-state index in [2.05, 4.69) is 0 Å². The molecule has 0 N–H and O–H groups in total. The summed E-state index contributed by atoms with van der Waals surface area (Å²) in [7, 11) is 0. The lowest BCUT2D eigenvalue weighted by atomic mass is 10.0. The lowest BCUT2D eigenvalue weighted by Crippen LogP contribution is -1.92. The van der Waals surface area contributed by atoms with E-state index in [1.807, 2.05) is 0 Å². The summed E-state index contributed by atoms with van der Waals surface area (Å²) in [6, 6.07) is 6.50. The van der Waals surface area contributed by atoms with E-state index >= 15 is 0 Å². The number of hydrogen-bond acceptors (Lipinski definition) is 3. The fourth-order valence-electron chi connectivity index (χ4n) is 1.65. The third-order valence-electron chi connectivity index (χ3n) is 2.75. The molecule has 1 aromatic heterocycles. The second kappa shape index (κ2) is 4.82. The lowest BCUT2D eigenvalue weighted by molar-refractivity contribution is 0.102. The normalized spacial score (nSPS) is 10.4. The minimum Gasteiger partial charge on any atom is -0.298 e. The molecule has 0 saturated carbocycles. The highest BCUT2D eigenvalue weighted by atomic mass is 32.1. The van der Waals surface area contributed by atoms with Crippen molar-refractivity contribution in [2.75, 3.05) is 0 Å². The van der Waals surface area contributed by atoms with Crippen molar-refractivity contribution < 1.29 is 14.0 Å². The summed E-state index contributed by atoms with van der Waals surface area (Å²) in [6.07, 6.45) is 0.640. The van der Waals surface area contributed by atoms with Crippen LogP contribution < -0.4 is 0 Å². The Bertz CT molecular complexity index is 629. The first kappa shape index (κ1) is 12.6. The smallest absolute Gasteiger partial charge is 0.169 e. The zero-order valence-corrected chi connectivity index (χ0v) is 10.8. The van der Waals surface area contributed by atoms with E-state index in [9.17, 15) is 14.0 Å². The van der Waals surface area contributed by atoms with Crippen LogP contribution in [0, 0.1) is 12.7 Å². The van der Waals surface area contributed by atoms with Gasteiger partial charge in [0.15, 0.2) is 5.78 Å². The Morgan fingerprint density at radius 2 is 2.06 bits per heavy atom. The summed E-state index contributed by atoms with van der Waals surface area (Å²) >= 11 is 1.30. The molecule has 1 heterocycles. The van der Waals surface area contributed by atoms with Crippen molar-refractivity contribution >= 4 is 23.4 Å². The SMILES string of the molecule is CC(=O)c1ccc(-c2cc(F)c(C)c(C=O)c2)s1. The van der Waals surface area contributed by atoms with Gasteiger partial charge in [-0.3, -0.25) is 9.59 Å². The summed E-state index contributed by atoms with van der Waals surface area (Å²) in [5.41, 5.74) is 1.30. The van der Waals surface area contributed by atoms with E-state index < -0.39 is 5.82 Å². The molecule has 92 valence electrons. The van der Waals surface area contributed by atoms with Crippen LogP contribution in [-0.2, 0) is 0 Å². The van der Waals surface area contributed by atoms with E-state index in [-0.39, 0.29) is 5.78 Å². The first-order valence-electron chi connectivity index (χ1n) is 5.39. The largest absolute Gasteiger partial charge is 0.298 e. The van der Waals surface area contributed by atoms with Crippen LogP contribution in [0.1, 0.15) is 32.5 Å². The molecule has 0 aliphatic heterocycles. The maximum absolute atomic E-state index is 13.7. The molecule has 0 amide bonds. The molecular formula is C14H11FO2S. The fraction of sp³-hybridized carbons (Fsp3) is 0.143. The monoisotopic (exact) mass is 262 g/mol. The zero-order valence-electron chi connectivity index (χ0n) is 9.99. The predicted molar refractivity (Wildman–Crippen MR) is 69.8 cm³/mol. The summed E-state index contributed by atoms with van der Waals surface area (Å²) in [5.74, 6) is -0.429. The quantitative estimate of drug-likeness (QED) is 0.621. The molecule has 2 nitrogen and oxygen atoms in total. The van der Waals surface area contributed by atoms with Gasteiger partial charge in [0.1, 0.15) is 12.1 Å². The van der Waals surface area contributed by atoms with E-state index in [1.54, 1.807) is 25.1 Å². The number of carbonyl (C=O) groups excluding carboxylic acids is 2. The third-order valence-corrected chi connectivity index (χ3v) is 3.98. The van der Waals surface area contributed by atoms with Gasteiger partial charge in [0, 0.05) is 10.4 Å². The van der Waals surface area contributed by atoms with Crippen LogP contribution in [0.15, 0.2) is 24.3 Å². The molecule has 0 aliphatic carbocycles. The van der Waals surface area contributed by atoms with Gasteiger partial charge in [0.05, 0.1) is 4.88 Å². The van der Waals surface area contributed by atoms with Crippen LogP contribution in [0.25, 0.3) is 10.4 Å². The number of carbonyl (C=O) groups is 2. The topological polar surface area (TPSA) is 34.1 Å². The lowest BCUT2D eigenvalue weighted by Gasteiger charge is -2.04. The molecule has 0 bridgehead atoms. The first-order chi connectivity index (χ1) is 8.52. The average molecular weight is 262 g/mol. The molecule has 0 unspecified atom stereocenters. The number of hydrogen-bond donors (Lipinski definition) is 0. The Morgan fingerprint density at radius 1 is 1.33 bits per heavy atom. The highest BCUT2D eigenvalue weighted by Gasteiger charge is 2.11. The van der Waals surface area contributed by atoms with Gasteiger partial charge in [-0.05, 0) is 49.2 Å². The van der Waals surface area contributed by atoms with Gasteiger partial charge in [-0.2, -0.15) is 0 Å². The standard InChI is InChI=1S/C14H11FO2S/c1-8-11(7-16)5-10(6-12(8)15)14-4-3-13(18-14)9(2)17/h3-7H,1-2H3. The van der Waals surface area contributed by atoms with Crippen LogP contribution >= 0.6 is 11.3 Å². The van der Waals surface area contributed by atoms with Crippen LogP contribution in [0.5, 0.6) is 0 Å². The molecule has 0 spiro atoms. The fourth-order valence-corrected chi connectivity index (χ4v) is 2.54. The Labute approximate surface area is 108 Å². The van der Waals surface area contributed by atoms with Crippen LogP contribution in [-0.4, -0.2) is 12.1 Å². The van der Waals surface area contributed by atoms with Crippen molar-refractivity contribution in [1.29, 1.82) is 0 Å². The van der Waals surface area contributed by atoms with Gasteiger partial charge in [0.25, 0.3) is 0 Å². The van der Waals surface area contributed by atoms with Crippen molar-refractivity contribution in [3.8, 4) is 10.4 Å². The van der Waals surface area contributed by atoms with Crippen molar-refractivity contribution in [2.24, 2.45) is 0 Å². The number of halogens is 1. The van der Waals surface area contributed by atoms with Gasteiger partial charge in [0.2, 0.25) is 0 Å². The van der Waals surface area contributed by atoms with Crippen LogP contribution in [0.4, 0.5) is 4.39 Å². The highest BCUT2D eigenvalue weighted by molar-refractivity contribution is 7.17. The molecule has 0 atom stereocenters. The summed E-state index contributed by atoms with van der Waals surface area (Å²) in [6.45, 7) is 3.06. The van der Waals surface area contributed by atoms with Crippen LogP contribution in [0.3, 0.4) is 0 Å². The summed E-state index contributed by atoms with van der Waals surface area (Å²) in [5, 5.41) is 0. The predicted octanol–water partition coefficient (Wildman–Crippen LogP) is 3.88. The highest BCUT2D eigenvalue weighted by Crippen LogP contribution is 2.30. The maximum Gasteiger partial charge on any atom is 0.169 e. The number of thiophene rings is 1. The third kappa shape index (κ3) is 2.24. The molecule has 0 radical (unpaired) electrons. The van der Waals surface area contributed by atoms with Gasteiger partial charge in [-0.15, -0.1) is 11.3 Å². The van der Waals surface area contributed by atoms with Crippen molar-refractivity contribution in [2.45, 2.75) is 13.8 Å². The Hall–Kier alpha value is -1.81.